The first kappa shape index (κ1) is 10.4. The molecule has 1 saturated heterocycles. The van der Waals surface area contributed by atoms with Crippen LogP contribution in [0.25, 0.3) is 0 Å². The molecule has 0 N–H and O–H groups in total. The topological polar surface area (TPSA) is 81.7 Å². The Labute approximate surface area is 92.2 Å². The van der Waals surface area contributed by atoms with Gasteiger partial charge in [-0.1, -0.05) is 0 Å². The zero-order chi connectivity index (χ0) is 11.4. The Morgan fingerprint density at radius 2 is 2.56 bits per heavy atom. The smallest absolute Gasteiger partial charge is 0.247 e. The highest BCUT2D eigenvalue weighted by molar-refractivity contribution is 5.81. The minimum absolute atomic E-state index is 0.00110. The van der Waals surface area contributed by atoms with E-state index in [0.29, 0.717) is 18.8 Å². The lowest BCUT2D eigenvalue weighted by Crippen LogP contribution is -2.15. The summed E-state index contributed by atoms with van der Waals surface area (Å²) in [5.74, 6) is 0.549. The molecule has 0 spiro atoms. The van der Waals surface area contributed by atoms with Gasteiger partial charge in [0.25, 0.3) is 0 Å². The Kier molecular flexibility index (Phi) is 2.96. The van der Waals surface area contributed by atoms with Crippen molar-refractivity contribution in [2.24, 2.45) is 10.2 Å². The molecule has 1 amide bonds. The lowest BCUT2D eigenvalue weighted by Gasteiger charge is -1.95. The Balaban J connectivity index is 1.70. The second-order valence-electron chi connectivity index (χ2n) is 3.37. The minimum atomic E-state index is -0.257. The molecule has 1 aliphatic heterocycles. The summed E-state index contributed by atoms with van der Waals surface area (Å²) in [6.45, 7) is 0.851. The molecule has 2 heterocycles. The standard InChI is InChI=1S/C10H10N4O2/c11-4-8-7-14(8)10(15)6-13-12-5-9-2-1-3-16-9/h1-3,8H,5-7H2. The van der Waals surface area contributed by atoms with Crippen LogP contribution in [-0.4, -0.2) is 29.9 Å². The lowest BCUT2D eigenvalue weighted by molar-refractivity contribution is -0.124. The third kappa shape index (κ3) is 2.45. The molecule has 1 unspecified atom stereocenters. The van der Waals surface area contributed by atoms with Crippen molar-refractivity contribution in [2.45, 2.75) is 12.6 Å². The molecule has 1 aromatic rings. The lowest BCUT2D eigenvalue weighted by atomic mass is 10.5. The maximum Gasteiger partial charge on any atom is 0.247 e. The van der Waals surface area contributed by atoms with Gasteiger partial charge in [0, 0.05) is 0 Å². The molecule has 6 heteroatoms. The summed E-state index contributed by atoms with van der Waals surface area (Å²) < 4.78 is 5.04. The van der Waals surface area contributed by atoms with Crippen molar-refractivity contribution in [3.8, 4) is 6.07 Å². The molecule has 0 saturated carbocycles. The van der Waals surface area contributed by atoms with Gasteiger partial charge in [0.1, 0.15) is 24.9 Å². The van der Waals surface area contributed by atoms with Crippen molar-refractivity contribution >= 4 is 5.91 Å². The van der Waals surface area contributed by atoms with Crippen LogP contribution in [0.5, 0.6) is 0 Å². The molecule has 1 aliphatic rings. The number of nitriles is 1. The highest BCUT2D eigenvalue weighted by Gasteiger charge is 2.37. The maximum absolute atomic E-state index is 11.3. The van der Waals surface area contributed by atoms with E-state index in [-0.39, 0.29) is 18.5 Å². The number of carbonyl (C=O) groups is 1. The van der Waals surface area contributed by atoms with Crippen molar-refractivity contribution < 1.29 is 9.21 Å². The molecule has 1 aromatic heterocycles. The molecule has 82 valence electrons. The van der Waals surface area contributed by atoms with Gasteiger partial charge in [0.15, 0.2) is 0 Å². The van der Waals surface area contributed by atoms with Gasteiger partial charge in [-0.2, -0.15) is 15.5 Å². The normalized spacial score (nSPS) is 18.7. The first-order valence-corrected chi connectivity index (χ1v) is 4.86. The van der Waals surface area contributed by atoms with Crippen molar-refractivity contribution in [3.63, 3.8) is 0 Å². The van der Waals surface area contributed by atoms with E-state index in [4.69, 9.17) is 9.68 Å². The van der Waals surface area contributed by atoms with Gasteiger partial charge in [0.2, 0.25) is 5.91 Å². The number of azo groups is 1. The van der Waals surface area contributed by atoms with Gasteiger partial charge in [-0.15, -0.1) is 0 Å². The molecule has 6 nitrogen and oxygen atoms in total. The Bertz CT molecular complexity index is 432. The molecule has 2 rings (SSSR count). The summed E-state index contributed by atoms with van der Waals surface area (Å²) >= 11 is 0. The van der Waals surface area contributed by atoms with E-state index in [0.717, 1.165) is 0 Å². The van der Waals surface area contributed by atoms with Crippen LogP contribution >= 0.6 is 0 Å². The van der Waals surface area contributed by atoms with E-state index in [1.807, 2.05) is 6.07 Å². The molecule has 1 atom stereocenters. The molecular weight excluding hydrogens is 208 g/mol. The molecule has 0 radical (unpaired) electrons. The van der Waals surface area contributed by atoms with E-state index >= 15 is 0 Å². The first-order chi connectivity index (χ1) is 7.81. The van der Waals surface area contributed by atoms with Crippen LogP contribution < -0.4 is 0 Å². The van der Waals surface area contributed by atoms with Gasteiger partial charge in [-0.25, -0.2) is 0 Å². The fraction of sp³-hybridized carbons (Fsp3) is 0.400. The molecule has 0 aliphatic carbocycles. The maximum atomic E-state index is 11.3. The van der Waals surface area contributed by atoms with Crippen LogP contribution in [0.3, 0.4) is 0 Å². The van der Waals surface area contributed by atoms with Gasteiger partial charge in [-0.05, 0) is 12.1 Å². The Hall–Kier alpha value is -2.16. The van der Waals surface area contributed by atoms with Gasteiger partial charge < -0.3 is 9.32 Å². The largest absolute Gasteiger partial charge is 0.467 e. The number of rotatable bonds is 4. The molecule has 16 heavy (non-hydrogen) atoms. The summed E-state index contributed by atoms with van der Waals surface area (Å²) in [4.78, 5) is 12.8. The Morgan fingerprint density at radius 3 is 3.19 bits per heavy atom. The van der Waals surface area contributed by atoms with E-state index in [1.54, 1.807) is 18.4 Å². The third-order valence-electron chi connectivity index (χ3n) is 2.19. The fourth-order valence-electron chi connectivity index (χ4n) is 1.25. The number of hydrogen-bond acceptors (Lipinski definition) is 5. The second-order valence-corrected chi connectivity index (χ2v) is 3.37. The van der Waals surface area contributed by atoms with Crippen LogP contribution in [0.2, 0.25) is 0 Å². The van der Waals surface area contributed by atoms with Crippen molar-refractivity contribution in [1.29, 1.82) is 5.26 Å². The summed E-state index contributed by atoms with van der Waals surface area (Å²) in [6.07, 6.45) is 1.56. The quantitative estimate of drug-likeness (QED) is 0.557. The van der Waals surface area contributed by atoms with Gasteiger partial charge in [-0.3, -0.25) is 4.79 Å². The SMILES string of the molecule is N#CC1CN1C(=O)CN=NCc1ccco1. The highest BCUT2D eigenvalue weighted by Crippen LogP contribution is 2.15. The number of nitrogens with zero attached hydrogens (tertiary/aromatic N) is 4. The van der Waals surface area contributed by atoms with Crippen molar-refractivity contribution in [2.75, 3.05) is 13.1 Å². The summed E-state index contributed by atoms with van der Waals surface area (Å²) in [7, 11) is 0. The van der Waals surface area contributed by atoms with Crippen LogP contribution in [0.4, 0.5) is 0 Å². The summed E-state index contributed by atoms with van der Waals surface area (Å²) in [5.41, 5.74) is 0. The van der Waals surface area contributed by atoms with Crippen molar-refractivity contribution in [3.05, 3.63) is 24.2 Å². The zero-order valence-corrected chi connectivity index (χ0v) is 8.54. The first-order valence-electron chi connectivity index (χ1n) is 4.86. The van der Waals surface area contributed by atoms with Crippen LogP contribution in [0.15, 0.2) is 33.0 Å². The van der Waals surface area contributed by atoms with E-state index in [1.165, 1.54) is 4.90 Å². The van der Waals surface area contributed by atoms with Gasteiger partial charge >= 0.3 is 0 Å². The summed E-state index contributed by atoms with van der Waals surface area (Å²) in [6, 6.07) is 5.30. The number of hydrogen-bond donors (Lipinski definition) is 0. The van der Waals surface area contributed by atoms with E-state index < -0.39 is 0 Å². The molecule has 0 aromatic carbocycles. The fourth-order valence-corrected chi connectivity index (χ4v) is 1.25. The van der Waals surface area contributed by atoms with Crippen LogP contribution in [0.1, 0.15) is 5.76 Å². The Morgan fingerprint density at radius 1 is 1.69 bits per heavy atom. The monoisotopic (exact) mass is 218 g/mol. The number of furan rings is 1. The number of amides is 1. The average molecular weight is 218 g/mol. The zero-order valence-electron chi connectivity index (χ0n) is 8.54. The van der Waals surface area contributed by atoms with E-state index in [9.17, 15) is 4.79 Å². The van der Waals surface area contributed by atoms with Gasteiger partial charge in [0.05, 0.1) is 18.9 Å². The number of carbonyl (C=O) groups excluding carboxylic acids is 1. The van der Waals surface area contributed by atoms with E-state index in [2.05, 4.69) is 10.2 Å². The highest BCUT2D eigenvalue weighted by atomic mass is 16.3. The van der Waals surface area contributed by atoms with Crippen LogP contribution in [0, 0.1) is 11.3 Å². The predicted molar refractivity (Wildman–Crippen MR) is 53.2 cm³/mol. The minimum Gasteiger partial charge on any atom is -0.467 e. The molecular formula is C10H10N4O2. The van der Waals surface area contributed by atoms with Crippen molar-refractivity contribution in [1.82, 2.24) is 4.90 Å². The molecule has 1 fully saturated rings. The molecule has 0 bridgehead atoms. The average Bonchev–Trinajstić information content (AvgIpc) is 2.92. The second kappa shape index (κ2) is 4.57. The third-order valence-corrected chi connectivity index (χ3v) is 2.19. The van der Waals surface area contributed by atoms with Crippen LogP contribution in [-0.2, 0) is 11.3 Å². The summed E-state index contributed by atoms with van der Waals surface area (Å²) in [5, 5.41) is 16.1. The predicted octanol–water partition coefficient (Wildman–Crippen LogP) is 0.966.